The molecule has 3 rings (SSSR count). The van der Waals surface area contributed by atoms with Crippen molar-refractivity contribution in [1.82, 2.24) is 0 Å². The maximum atomic E-state index is 5.47. The molecule has 0 aromatic heterocycles. The maximum Gasteiger partial charge on any atom is 0.0543 e. The molecule has 0 amide bonds. The molecule has 2 fully saturated rings. The van der Waals surface area contributed by atoms with Crippen LogP contribution in [0.4, 0.5) is 0 Å². The Balaban J connectivity index is 1.67. The van der Waals surface area contributed by atoms with Gasteiger partial charge in [-0.1, -0.05) is 49.9 Å². The number of rotatable bonds is 2. The van der Waals surface area contributed by atoms with E-state index in [4.69, 9.17) is 4.74 Å². The lowest BCUT2D eigenvalue weighted by Crippen LogP contribution is -2.14. The summed E-state index contributed by atoms with van der Waals surface area (Å²) in [6.45, 7) is 1.94. The normalized spacial score (nSPS) is 24.1. The van der Waals surface area contributed by atoms with Crippen LogP contribution in [-0.2, 0) is 4.74 Å². The highest BCUT2D eigenvalue weighted by molar-refractivity contribution is 8.17. The second-order valence-electron chi connectivity index (χ2n) is 5.88. The van der Waals surface area contributed by atoms with E-state index in [1.54, 1.807) is 10.5 Å². The molecule has 2 aliphatic rings. The number of ether oxygens (including phenoxy) is 1. The fourth-order valence-electron chi connectivity index (χ4n) is 3.39. The fourth-order valence-corrected chi connectivity index (χ4v) is 5.40. The minimum atomic E-state index is 0.0731. The molecule has 1 aliphatic heterocycles. The molecule has 0 unspecified atom stereocenters. The molecule has 0 radical (unpaired) electrons. The molecule has 1 aliphatic carbocycles. The van der Waals surface area contributed by atoms with E-state index in [0.29, 0.717) is 0 Å². The summed E-state index contributed by atoms with van der Waals surface area (Å²) in [6.07, 6.45) is 8.55. The minimum absolute atomic E-state index is 0.0731. The van der Waals surface area contributed by atoms with E-state index in [9.17, 15) is 0 Å². The molecule has 2 heteroatoms. The van der Waals surface area contributed by atoms with E-state index in [1.165, 1.54) is 50.0 Å². The molecule has 1 nitrogen and oxygen atoms in total. The number of thiol groups is 1. The molecule has 1 aromatic carbocycles. The van der Waals surface area contributed by atoms with Crippen LogP contribution in [0.3, 0.4) is 0 Å². The highest BCUT2D eigenvalue weighted by Gasteiger charge is 2.16. The van der Waals surface area contributed by atoms with Crippen molar-refractivity contribution in [1.29, 1.82) is 0 Å². The Morgan fingerprint density at radius 1 is 0.842 bits per heavy atom. The Morgan fingerprint density at radius 3 is 2.11 bits per heavy atom. The third kappa shape index (κ3) is 3.55. The molecule has 0 bridgehead atoms. The Bertz CT molecular complexity index is 373. The first-order valence-electron chi connectivity index (χ1n) is 7.86. The highest BCUT2D eigenvalue weighted by atomic mass is 32.2. The zero-order chi connectivity index (χ0) is 12.9. The van der Waals surface area contributed by atoms with Crippen molar-refractivity contribution in [2.45, 2.75) is 49.3 Å². The van der Waals surface area contributed by atoms with Gasteiger partial charge in [-0.15, -0.1) is 0 Å². The van der Waals surface area contributed by atoms with Gasteiger partial charge in [0.25, 0.3) is 0 Å². The van der Waals surface area contributed by atoms with E-state index in [1.807, 2.05) is 0 Å². The molecule has 0 spiro atoms. The van der Waals surface area contributed by atoms with Crippen molar-refractivity contribution in [2.24, 2.45) is 0 Å². The van der Waals surface area contributed by atoms with Crippen LogP contribution in [0.5, 0.6) is 0 Å². The van der Waals surface area contributed by atoms with Crippen LogP contribution in [0, 0.1) is 0 Å². The largest absolute Gasteiger partial charge is 0.380 e. The second kappa shape index (κ2) is 6.81. The fraction of sp³-hybridized carbons (Fsp3) is 0.647. The zero-order valence-electron chi connectivity index (χ0n) is 11.8. The lowest BCUT2D eigenvalue weighted by atomic mass is 9.92. The SMILES string of the molecule is c1cc([SH]2CCOCC2)ccc1C1CCCCCC1. The Kier molecular flexibility index (Phi) is 4.84. The molecule has 1 aromatic rings. The number of hydrogen-bond donors (Lipinski definition) is 1. The van der Waals surface area contributed by atoms with E-state index in [0.717, 1.165) is 19.1 Å². The van der Waals surface area contributed by atoms with Gasteiger partial charge in [0.05, 0.1) is 13.2 Å². The van der Waals surface area contributed by atoms with E-state index >= 15 is 0 Å². The zero-order valence-corrected chi connectivity index (χ0v) is 12.7. The van der Waals surface area contributed by atoms with Crippen molar-refractivity contribution < 1.29 is 4.74 Å². The first kappa shape index (κ1) is 13.5. The van der Waals surface area contributed by atoms with Crippen LogP contribution in [0.1, 0.15) is 50.0 Å². The summed E-state index contributed by atoms with van der Waals surface area (Å²) in [5.74, 6) is 3.36. The standard InChI is InChI=1S/C17H26OS/c1-2-4-6-15(5-3-1)16-7-9-17(10-8-16)19-13-11-18-12-14-19/h7-10,15,19H,1-6,11-14H2. The van der Waals surface area contributed by atoms with Gasteiger partial charge in [0.1, 0.15) is 0 Å². The Labute approximate surface area is 120 Å². The summed E-state index contributed by atoms with van der Waals surface area (Å²) in [7, 11) is 0.0731. The average molecular weight is 278 g/mol. The topological polar surface area (TPSA) is 9.23 Å². The summed E-state index contributed by atoms with van der Waals surface area (Å²) >= 11 is 0. The number of benzene rings is 1. The average Bonchev–Trinajstić information content (AvgIpc) is 2.77. The molecule has 0 atom stereocenters. The van der Waals surface area contributed by atoms with Crippen molar-refractivity contribution >= 4 is 10.9 Å². The van der Waals surface area contributed by atoms with Crippen LogP contribution in [-0.4, -0.2) is 24.7 Å². The molecule has 1 saturated carbocycles. The van der Waals surface area contributed by atoms with Gasteiger partial charge in [-0.2, -0.15) is 0 Å². The first-order valence-corrected chi connectivity index (χ1v) is 9.57. The van der Waals surface area contributed by atoms with Crippen LogP contribution in [0.15, 0.2) is 29.2 Å². The molecular weight excluding hydrogens is 252 g/mol. The van der Waals surface area contributed by atoms with Crippen molar-refractivity contribution in [3.8, 4) is 0 Å². The molecule has 106 valence electrons. The van der Waals surface area contributed by atoms with E-state index < -0.39 is 0 Å². The first-order chi connectivity index (χ1) is 9.43. The summed E-state index contributed by atoms with van der Waals surface area (Å²) in [6, 6.07) is 9.67. The van der Waals surface area contributed by atoms with Crippen LogP contribution in [0.25, 0.3) is 0 Å². The maximum absolute atomic E-state index is 5.47. The van der Waals surface area contributed by atoms with Gasteiger partial charge in [0.2, 0.25) is 0 Å². The quantitative estimate of drug-likeness (QED) is 0.618. The van der Waals surface area contributed by atoms with Gasteiger partial charge < -0.3 is 4.74 Å². The van der Waals surface area contributed by atoms with Crippen molar-refractivity contribution in [3.63, 3.8) is 0 Å². The van der Waals surface area contributed by atoms with Gasteiger partial charge in [-0.3, -0.25) is 0 Å². The third-order valence-electron chi connectivity index (χ3n) is 4.60. The van der Waals surface area contributed by atoms with Gasteiger partial charge in [0.15, 0.2) is 0 Å². The summed E-state index contributed by atoms with van der Waals surface area (Å²) in [5, 5.41) is 0. The third-order valence-corrected chi connectivity index (χ3v) is 7.07. The van der Waals surface area contributed by atoms with E-state index in [-0.39, 0.29) is 10.9 Å². The lowest BCUT2D eigenvalue weighted by molar-refractivity contribution is 0.160. The molecular formula is C17H26OS. The predicted octanol–water partition coefficient (Wildman–Crippen LogP) is 4.51. The summed E-state index contributed by atoms with van der Waals surface area (Å²) in [4.78, 5) is 1.59. The van der Waals surface area contributed by atoms with Gasteiger partial charge in [0, 0.05) is 11.5 Å². The summed E-state index contributed by atoms with van der Waals surface area (Å²) in [5.41, 5.74) is 1.59. The van der Waals surface area contributed by atoms with Crippen LogP contribution < -0.4 is 0 Å². The van der Waals surface area contributed by atoms with Gasteiger partial charge in [-0.25, -0.2) is 10.9 Å². The van der Waals surface area contributed by atoms with E-state index in [2.05, 4.69) is 24.3 Å². The summed E-state index contributed by atoms with van der Waals surface area (Å²) < 4.78 is 5.47. The Hall–Kier alpha value is -0.470. The molecule has 19 heavy (non-hydrogen) atoms. The molecule has 1 saturated heterocycles. The molecule has 0 N–H and O–H groups in total. The van der Waals surface area contributed by atoms with Gasteiger partial charge >= 0.3 is 0 Å². The Morgan fingerprint density at radius 2 is 1.47 bits per heavy atom. The highest BCUT2D eigenvalue weighted by Crippen LogP contribution is 2.39. The predicted molar refractivity (Wildman–Crippen MR) is 84.7 cm³/mol. The lowest BCUT2D eigenvalue weighted by Gasteiger charge is -2.27. The molecule has 1 heterocycles. The smallest absolute Gasteiger partial charge is 0.0543 e. The van der Waals surface area contributed by atoms with Crippen LogP contribution in [0.2, 0.25) is 0 Å². The van der Waals surface area contributed by atoms with Crippen LogP contribution >= 0.6 is 10.9 Å². The number of hydrogen-bond acceptors (Lipinski definition) is 1. The second-order valence-corrected chi connectivity index (χ2v) is 8.37. The van der Waals surface area contributed by atoms with Crippen molar-refractivity contribution in [2.75, 3.05) is 24.7 Å². The van der Waals surface area contributed by atoms with Crippen molar-refractivity contribution in [3.05, 3.63) is 29.8 Å². The minimum Gasteiger partial charge on any atom is -0.380 e. The van der Waals surface area contributed by atoms with Gasteiger partial charge in [-0.05, 0) is 29.2 Å². The monoisotopic (exact) mass is 278 g/mol.